The molecule has 0 unspecified atom stereocenters. The van der Waals surface area contributed by atoms with Crippen molar-refractivity contribution in [1.29, 1.82) is 0 Å². The molecule has 0 aliphatic carbocycles. The Hall–Kier alpha value is -4.58. The molecular formula is C28H24O6. The van der Waals surface area contributed by atoms with Crippen molar-refractivity contribution >= 4 is 11.9 Å². The van der Waals surface area contributed by atoms with E-state index in [0.29, 0.717) is 11.1 Å². The number of phenols is 2. The van der Waals surface area contributed by atoms with Crippen molar-refractivity contribution in [2.24, 2.45) is 0 Å². The molecule has 6 heteroatoms. The van der Waals surface area contributed by atoms with E-state index in [9.17, 15) is 9.59 Å². The zero-order valence-corrected chi connectivity index (χ0v) is 18.3. The molecular weight excluding hydrogens is 432 g/mol. The van der Waals surface area contributed by atoms with Crippen LogP contribution in [0.15, 0.2) is 109 Å². The summed E-state index contributed by atoms with van der Waals surface area (Å²) in [5.41, 5.74) is 2.75. The SMILES string of the molecule is O=C(OCc1ccccc1)c1ccc(O)cc1.O=C(OCc1ccccc1)c1ccc(O)cc1. The highest BCUT2D eigenvalue weighted by Gasteiger charge is 2.07. The van der Waals surface area contributed by atoms with Gasteiger partial charge in [-0.2, -0.15) is 0 Å². The summed E-state index contributed by atoms with van der Waals surface area (Å²) in [7, 11) is 0. The summed E-state index contributed by atoms with van der Waals surface area (Å²) in [6.45, 7) is 0.501. The van der Waals surface area contributed by atoms with Gasteiger partial charge in [-0.1, -0.05) is 60.7 Å². The Balaban J connectivity index is 0.000000191. The molecule has 0 saturated heterocycles. The highest BCUT2D eigenvalue weighted by atomic mass is 16.5. The minimum Gasteiger partial charge on any atom is -0.508 e. The number of ether oxygens (including phenoxy) is 2. The molecule has 172 valence electrons. The zero-order valence-electron chi connectivity index (χ0n) is 18.3. The van der Waals surface area contributed by atoms with Crippen LogP contribution in [0.25, 0.3) is 0 Å². The molecule has 2 N–H and O–H groups in total. The first-order chi connectivity index (χ1) is 16.5. The molecule has 0 amide bonds. The maximum Gasteiger partial charge on any atom is 0.338 e. The second-order valence-electron chi connectivity index (χ2n) is 7.22. The van der Waals surface area contributed by atoms with Crippen molar-refractivity contribution in [3.05, 3.63) is 131 Å². The number of phenolic OH excluding ortho intramolecular Hbond substituents is 2. The number of rotatable bonds is 6. The number of benzene rings is 4. The predicted molar refractivity (Wildman–Crippen MR) is 127 cm³/mol. The fourth-order valence-electron chi connectivity index (χ4n) is 2.81. The van der Waals surface area contributed by atoms with E-state index in [1.807, 2.05) is 60.7 Å². The lowest BCUT2D eigenvalue weighted by atomic mass is 10.2. The minimum atomic E-state index is -0.395. The van der Waals surface area contributed by atoms with E-state index in [0.717, 1.165) is 11.1 Å². The molecule has 0 fully saturated rings. The van der Waals surface area contributed by atoms with Gasteiger partial charge in [-0.3, -0.25) is 0 Å². The lowest BCUT2D eigenvalue weighted by Crippen LogP contribution is -2.04. The summed E-state index contributed by atoms with van der Waals surface area (Å²) in [5, 5.41) is 18.2. The second kappa shape index (κ2) is 12.5. The highest BCUT2D eigenvalue weighted by Crippen LogP contribution is 2.12. The molecule has 0 aliphatic heterocycles. The highest BCUT2D eigenvalue weighted by molar-refractivity contribution is 5.90. The third-order valence-corrected chi connectivity index (χ3v) is 4.63. The van der Waals surface area contributed by atoms with Crippen LogP contribution in [-0.4, -0.2) is 22.2 Å². The van der Waals surface area contributed by atoms with Gasteiger partial charge in [0.2, 0.25) is 0 Å². The maximum absolute atomic E-state index is 11.6. The first kappa shape index (κ1) is 24.1. The minimum absolute atomic E-state index is 0.129. The lowest BCUT2D eigenvalue weighted by molar-refractivity contribution is 0.0464. The van der Waals surface area contributed by atoms with Gasteiger partial charge in [0.1, 0.15) is 24.7 Å². The predicted octanol–water partition coefficient (Wildman–Crippen LogP) is 5.50. The third kappa shape index (κ3) is 7.84. The van der Waals surface area contributed by atoms with Crippen LogP contribution in [-0.2, 0) is 22.7 Å². The van der Waals surface area contributed by atoms with E-state index in [1.165, 1.54) is 48.5 Å². The summed E-state index contributed by atoms with van der Waals surface area (Å²) >= 11 is 0. The molecule has 0 aromatic heterocycles. The van der Waals surface area contributed by atoms with Crippen LogP contribution < -0.4 is 0 Å². The van der Waals surface area contributed by atoms with Crippen LogP contribution in [0.2, 0.25) is 0 Å². The normalized spacial score (nSPS) is 9.88. The van der Waals surface area contributed by atoms with Gasteiger partial charge in [-0.15, -0.1) is 0 Å². The van der Waals surface area contributed by atoms with Crippen LogP contribution in [0.1, 0.15) is 31.8 Å². The Morgan fingerprint density at radius 1 is 0.500 bits per heavy atom. The Kier molecular flexibility index (Phi) is 8.82. The van der Waals surface area contributed by atoms with Crippen molar-refractivity contribution in [2.75, 3.05) is 0 Å². The van der Waals surface area contributed by atoms with E-state index in [2.05, 4.69) is 0 Å². The number of aromatic hydroxyl groups is 2. The third-order valence-electron chi connectivity index (χ3n) is 4.63. The summed E-state index contributed by atoms with van der Waals surface area (Å²) in [5.74, 6) is -0.531. The van der Waals surface area contributed by atoms with Crippen LogP contribution >= 0.6 is 0 Å². The molecule has 4 aromatic carbocycles. The molecule has 0 heterocycles. The molecule has 0 aliphatic rings. The van der Waals surface area contributed by atoms with E-state index < -0.39 is 11.9 Å². The monoisotopic (exact) mass is 456 g/mol. The first-order valence-corrected chi connectivity index (χ1v) is 10.5. The summed E-state index contributed by atoms with van der Waals surface area (Å²) in [4.78, 5) is 23.3. The van der Waals surface area contributed by atoms with E-state index >= 15 is 0 Å². The van der Waals surface area contributed by atoms with Crippen LogP contribution in [0.3, 0.4) is 0 Å². The largest absolute Gasteiger partial charge is 0.508 e. The van der Waals surface area contributed by atoms with Crippen molar-refractivity contribution in [3.63, 3.8) is 0 Å². The average Bonchev–Trinajstić information content (AvgIpc) is 2.88. The quantitative estimate of drug-likeness (QED) is 0.372. The Morgan fingerprint density at radius 2 is 0.824 bits per heavy atom. The molecule has 4 rings (SSSR count). The summed E-state index contributed by atoms with van der Waals surface area (Å²) in [6, 6.07) is 30.9. The number of carbonyl (C=O) groups is 2. The van der Waals surface area contributed by atoms with Gasteiger partial charge in [0.25, 0.3) is 0 Å². The fourth-order valence-corrected chi connectivity index (χ4v) is 2.81. The van der Waals surface area contributed by atoms with Gasteiger partial charge in [0, 0.05) is 0 Å². The van der Waals surface area contributed by atoms with Crippen LogP contribution in [0.5, 0.6) is 11.5 Å². The molecule has 0 atom stereocenters. The average molecular weight is 456 g/mol. The molecule has 0 saturated carbocycles. The van der Waals surface area contributed by atoms with E-state index in [-0.39, 0.29) is 24.7 Å². The first-order valence-electron chi connectivity index (χ1n) is 10.5. The maximum atomic E-state index is 11.6. The Morgan fingerprint density at radius 3 is 1.15 bits per heavy atom. The molecule has 0 bridgehead atoms. The van der Waals surface area contributed by atoms with Gasteiger partial charge in [0.15, 0.2) is 0 Å². The van der Waals surface area contributed by atoms with Crippen LogP contribution in [0.4, 0.5) is 0 Å². The standard InChI is InChI=1S/2C14H12O3/c2*15-13-8-6-12(7-9-13)14(16)17-10-11-4-2-1-3-5-11/h2*1-9,15H,10H2. The molecule has 6 nitrogen and oxygen atoms in total. The van der Waals surface area contributed by atoms with Gasteiger partial charge in [-0.25, -0.2) is 9.59 Å². The van der Waals surface area contributed by atoms with Gasteiger partial charge >= 0.3 is 11.9 Å². The smallest absolute Gasteiger partial charge is 0.338 e. The van der Waals surface area contributed by atoms with Gasteiger partial charge in [0.05, 0.1) is 11.1 Å². The van der Waals surface area contributed by atoms with Gasteiger partial charge in [-0.05, 0) is 59.7 Å². The Labute approximate surface area is 197 Å². The topological polar surface area (TPSA) is 93.1 Å². The van der Waals surface area contributed by atoms with E-state index in [1.54, 1.807) is 0 Å². The molecule has 34 heavy (non-hydrogen) atoms. The zero-order chi connectivity index (χ0) is 24.2. The van der Waals surface area contributed by atoms with E-state index in [4.69, 9.17) is 19.7 Å². The van der Waals surface area contributed by atoms with Crippen molar-refractivity contribution in [3.8, 4) is 11.5 Å². The van der Waals surface area contributed by atoms with Gasteiger partial charge < -0.3 is 19.7 Å². The number of hydrogen-bond donors (Lipinski definition) is 2. The van der Waals surface area contributed by atoms with Crippen molar-refractivity contribution in [2.45, 2.75) is 13.2 Å². The van der Waals surface area contributed by atoms with Crippen molar-refractivity contribution < 1.29 is 29.3 Å². The summed E-state index contributed by atoms with van der Waals surface area (Å²) < 4.78 is 10.3. The fraction of sp³-hybridized carbons (Fsp3) is 0.0714. The number of hydrogen-bond acceptors (Lipinski definition) is 6. The molecule has 0 radical (unpaired) electrons. The van der Waals surface area contributed by atoms with Crippen LogP contribution in [0, 0.1) is 0 Å². The molecule has 4 aromatic rings. The molecule has 0 spiro atoms. The summed E-state index contributed by atoms with van der Waals surface area (Å²) in [6.07, 6.45) is 0. The number of carbonyl (C=O) groups excluding carboxylic acids is 2. The number of esters is 2. The lowest BCUT2D eigenvalue weighted by Gasteiger charge is -2.04. The van der Waals surface area contributed by atoms with Crippen molar-refractivity contribution in [1.82, 2.24) is 0 Å². The Bertz CT molecular complexity index is 1070. The second-order valence-corrected chi connectivity index (χ2v) is 7.22.